The van der Waals surface area contributed by atoms with Gasteiger partial charge in [0, 0.05) is 29.8 Å². The lowest BCUT2D eigenvalue weighted by Gasteiger charge is -2.39. The summed E-state index contributed by atoms with van der Waals surface area (Å²) in [5.41, 5.74) is 1.69. The van der Waals surface area contributed by atoms with Crippen LogP contribution < -0.4 is 10.6 Å². The van der Waals surface area contributed by atoms with Crippen molar-refractivity contribution in [3.05, 3.63) is 29.8 Å². The fourth-order valence-corrected chi connectivity index (χ4v) is 4.21. The molecule has 0 aromatic heterocycles. The molecule has 1 saturated heterocycles. The van der Waals surface area contributed by atoms with Gasteiger partial charge in [0.25, 0.3) is 0 Å². The average molecular weight is 371 g/mol. The van der Waals surface area contributed by atoms with Gasteiger partial charge < -0.3 is 15.4 Å². The highest BCUT2D eigenvalue weighted by atomic mass is 32.3. The lowest BCUT2D eigenvalue weighted by atomic mass is 10.1. The van der Waals surface area contributed by atoms with Gasteiger partial charge in [0.1, 0.15) is 5.60 Å². The number of hydrogen-bond acceptors (Lipinski definition) is 5. The molecule has 1 heterocycles. The molecular weight excluding hydrogens is 340 g/mol. The number of carbonyl (C=O) groups is 1. The Labute approximate surface area is 151 Å². The molecule has 1 aliphatic heterocycles. The number of amides is 1. The highest BCUT2D eigenvalue weighted by Gasteiger charge is 2.23. The maximum atomic E-state index is 11.6. The van der Waals surface area contributed by atoms with Gasteiger partial charge in [0.05, 0.1) is 0 Å². The first kappa shape index (κ1) is 19.9. The Morgan fingerprint density at radius 1 is 1.20 bits per heavy atom. The summed E-state index contributed by atoms with van der Waals surface area (Å²) in [5.74, 6) is 0.970. The molecule has 0 radical (unpaired) electrons. The van der Waals surface area contributed by atoms with Crippen molar-refractivity contribution in [1.82, 2.24) is 5.32 Å². The first-order valence-electron chi connectivity index (χ1n) is 8.69. The normalized spacial score (nSPS) is 19.1. The Hall–Kier alpha value is -1.44. The second kappa shape index (κ2) is 8.29. The van der Waals surface area contributed by atoms with Crippen LogP contribution in [0.5, 0.6) is 0 Å². The zero-order valence-corrected chi connectivity index (χ0v) is 16.1. The van der Waals surface area contributed by atoms with E-state index in [1.54, 1.807) is 0 Å². The van der Waals surface area contributed by atoms with Crippen molar-refractivity contribution in [2.24, 2.45) is 0 Å². The molecule has 1 amide bonds. The van der Waals surface area contributed by atoms with Crippen molar-refractivity contribution >= 4 is 22.4 Å². The third-order valence-electron chi connectivity index (χ3n) is 3.99. The predicted molar refractivity (Wildman–Crippen MR) is 104 cm³/mol. The van der Waals surface area contributed by atoms with Gasteiger partial charge in [-0.1, -0.05) is 12.1 Å². The van der Waals surface area contributed by atoms with E-state index in [4.69, 9.17) is 4.74 Å². The van der Waals surface area contributed by atoms with E-state index in [9.17, 15) is 13.9 Å². The predicted octanol–water partition coefficient (Wildman–Crippen LogP) is 4.08. The van der Waals surface area contributed by atoms with Crippen LogP contribution >= 0.6 is 10.6 Å². The van der Waals surface area contributed by atoms with Gasteiger partial charge in [0.2, 0.25) is 0 Å². The number of nitrogens with one attached hydrogen (secondary N) is 2. The molecule has 2 rings (SSSR count). The smallest absolute Gasteiger partial charge is 0.407 e. The van der Waals surface area contributed by atoms with Crippen molar-refractivity contribution in [3.63, 3.8) is 0 Å². The molecule has 142 valence electrons. The van der Waals surface area contributed by atoms with Crippen molar-refractivity contribution in [2.75, 3.05) is 23.4 Å². The molecular formula is C18H30N2O4S. The van der Waals surface area contributed by atoms with Crippen LogP contribution in [0, 0.1) is 0 Å². The summed E-state index contributed by atoms with van der Waals surface area (Å²) in [4.78, 5) is 11.6. The Kier molecular flexibility index (Phi) is 6.59. The first-order chi connectivity index (χ1) is 11.6. The second-order valence-corrected chi connectivity index (χ2v) is 9.93. The van der Waals surface area contributed by atoms with Gasteiger partial charge in [-0.05, 0) is 57.7 Å². The topological polar surface area (TPSA) is 90.8 Å². The largest absolute Gasteiger partial charge is 0.444 e. The van der Waals surface area contributed by atoms with Crippen molar-refractivity contribution < 1.29 is 18.6 Å². The number of hydrogen-bond donors (Lipinski definition) is 4. The van der Waals surface area contributed by atoms with Crippen LogP contribution in [0.2, 0.25) is 0 Å². The first-order valence-corrected chi connectivity index (χ1v) is 10.6. The average Bonchev–Trinajstić information content (AvgIpc) is 2.49. The molecule has 0 aliphatic carbocycles. The molecule has 0 saturated carbocycles. The van der Waals surface area contributed by atoms with E-state index >= 15 is 0 Å². The van der Waals surface area contributed by atoms with Gasteiger partial charge in [-0.2, -0.15) is 10.6 Å². The van der Waals surface area contributed by atoms with E-state index in [2.05, 4.69) is 10.6 Å². The number of rotatable bonds is 5. The summed E-state index contributed by atoms with van der Waals surface area (Å²) < 4.78 is 24.5. The number of carbonyl (C=O) groups excluding carboxylic acids is 1. The van der Waals surface area contributed by atoms with E-state index in [-0.39, 0.29) is 0 Å². The van der Waals surface area contributed by atoms with Crippen LogP contribution in [-0.2, 0) is 11.2 Å². The molecule has 7 heteroatoms. The van der Waals surface area contributed by atoms with E-state index in [1.165, 1.54) is 0 Å². The monoisotopic (exact) mass is 370 g/mol. The van der Waals surface area contributed by atoms with Crippen molar-refractivity contribution in [2.45, 2.75) is 51.7 Å². The van der Waals surface area contributed by atoms with Crippen molar-refractivity contribution in [3.8, 4) is 0 Å². The lowest BCUT2D eigenvalue weighted by Crippen LogP contribution is -2.33. The highest BCUT2D eigenvalue weighted by molar-refractivity contribution is 8.24. The summed E-state index contributed by atoms with van der Waals surface area (Å²) in [6, 6.07) is 8.41. The number of benzene rings is 1. The van der Waals surface area contributed by atoms with Gasteiger partial charge in [-0.25, -0.2) is 4.79 Å². The minimum atomic E-state index is -2.33. The minimum Gasteiger partial charge on any atom is -0.444 e. The molecule has 1 fully saturated rings. The minimum absolute atomic E-state index is 0.291. The zero-order valence-electron chi connectivity index (χ0n) is 15.2. The molecule has 6 nitrogen and oxygen atoms in total. The molecule has 0 bridgehead atoms. The van der Waals surface area contributed by atoms with E-state index in [0.717, 1.165) is 30.5 Å². The van der Waals surface area contributed by atoms with Crippen LogP contribution in [0.15, 0.2) is 24.3 Å². The lowest BCUT2D eigenvalue weighted by molar-refractivity contribution is 0.0528. The van der Waals surface area contributed by atoms with E-state index in [0.29, 0.717) is 24.1 Å². The molecule has 1 aliphatic rings. The third-order valence-corrected chi connectivity index (χ3v) is 5.77. The van der Waals surface area contributed by atoms with E-state index in [1.807, 2.05) is 45.0 Å². The summed E-state index contributed by atoms with van der Waals surface area (Å²) in [6.07, 6.45) is 1.91. The van der Waals surface area contributed by atoms with Crippen LogP contribution in [0.4, 0.5) is 10.5 Å². The van der Waals surface area contributed by atoms with Gasteiger partial charge in [-0.15, -0.1) is 0 Å². The SMILES string of the molecule is CC(C)(C)OC(=O)NCCc1ccc(NC2CCS(O)(O)CC2)cc1. The fraction of sp³-hybridized carbons (Fsp3) is 0.611. The van der Waals surface area contributed by atoms with Crippen LogP contribution in [0.1, 0.15) is 39.2 Å². The summed E-state index contributed by atoms with van der Waals surface area (Å²) in [7, 11) is -2.33. The molecule has 0 unspecified atom stereocenters. The maximum Gasteiger partial charge on any atom is 0.407 e. The Morgan fingerprint density at radius 3 is 2.36 bits per heavy atom. The molecule has 4 N–H and O–H groups in total. The summed E-state index contributed by atoms with van der Waals surface area (Å²) in [5, 5.41) is 6.20. The van der Waals surface area contributed by atoms with Gasteiger partial charge in [0.15, 0.2) is 0 Å². The second-order valence-electron chi connectivity index (χ2n) is 7.50. The summed E-state index contributed by atoms with van der Waals surface area (Å²) >= 11 is 0. The molecule has 0 atom stereocenters. The Bertz CT molecular complexity index is 559. The Morgan fingerprint density at radius 2 is 1.80 bits per heavy atom. The van der Waals surface area contributed by atoms with Crippen LogP contribution in [0.25, 0.3) is 0 Å². The quantitative estimate of drug-likeness (QED) is 0.627. The number of anilines is 1. The van der Waals surface area contributed by atoms with Gasteiger partial charge >= 0.3 is 6.09 Å². The molecule has 1 aromatic carbocycles. The third kappa shape index (κ3) is 7.54. The number of ether oxygens (including phenoxy) is 1. The Balaban J connectivity index is 1.72. The maximum absolute atomic E-state index is 11.6. The van der Waals surface area contributed by atoms with Crippen LogP contribution in [-0.4, -0.2) is 44.9 Å². The zero-order chi connectivity index (χ0) is 18.5. The number of alkyl carbamates (subject to hydrolysis) is 1. The van der Waals surface area contributed by atoms with Crippen molar-refractivity contribution in [1.29, 1.82) is 0 Å². The highest BCUT2D eigenvalue weighted by Crippen LogP contribution is 2.44. The van der Waals surface area contributed by atoms with E-state index < -0.39 is 22.3 Å². The molecule has 25 heavy (non-hydrogen) atoms. The molecule has 0 spiro atoms. The summed E-state index contributed by atoms with van der Waals surface area (Å²) in [6.45, 7) is 6.05. The van der Waals surface area contributed by atoms with Crippen LogP contribution in [0.3, 0.4) is 0 Å². The van der Waals surface area contributed by atoms with Gasteiger partial charge in [-0.3, -0.25) is 9.11 Å². The molecule has 1 aromatic rings. The fourth-order valence-electron chi connectivity index (χ4n) is 2.68. The standard InChI is InChI=1S/C18H30N2O4S/c1-18(2,3)24-17(21)19-11-8-14-4-6-15(7-5-14)20-16-9-12-25(22,23)13-10-16/h4-7,16,20,22-23H,8-13H2,1-3H3,(H,19,21).